The highest BCUT2D eigenvalue weighted by molar-refractivity contribution is 5.00. The van der Waals surface area contributed by atoms with Gasteiger partial charge in [-0.15, -0.1) is 6.58 Å². The Labute approximate surface area is 74.0 Å². The molecular formula is C10H17NO. The third-order valence-corrected chi connectivity index (χ3v) is 3.20. The first-order valence-electron chi connectivity index (χ1n) is 4.80. The Bertz CT molecular complexity index is 181. The Morgan fingerprint density at radius 3 is 2.83 bits per heavy atom. The van der Waals surface area contributed by atoms with Gasteiger partial charge in [0.1, 0.15) is 0 Å². The largest absolute Gasteiger partial charge is 0.375 e. The van der Waals surface area contributed by atoms with Crippen molar-refractivity contribution in [2.24, 2.45) is 5.92 Å². The summed E-state index contributed by atoms with van der Waals surface area (Å²) in [6, 6.07) is 0.445. The van der Waals surface area contributed by atoms with Crippen LogP contribution in [0.1, 0.15) is 19.3 Å². The molecule has 1 N–H and O–H groups in total. The lowest BCUT2D eigenvalue weighted by molar-refractivity contribution is 0.0892. The molecule has 2 bridgehead atoms. The molecule has 68 valence electrons. The zero-order valence-electron chi connectivity index (χ0n) is 7.62. The predicted molar refractivity (Wildman–Crippen MR) is 49.0 cm³/mol. The fraction of sp³-hybridized carbons (Fsp3) is 0.800. The van der Waals surface area contributed by atoms with E-state index in [1.807, 2.05) is 13.1 Å². The molecule has 2 saturated heterocycles. The van der Waals surface area contributed by atoms with Crippen molar-refractivity contribution in [1.29, 1.82) is 0 Å². The molecule has 2 aliphatic heterocycles. The summed E-state index contributed by atoms with van der Waals surface area (Å²) in [5, 5.41) is 3.28. The van der Waals surface area contributed by atoms with Gasteiger partial charge in [-0.05, 0) is 26.3 Å². The van der Waals surface area contributed by atoms with Gasteiger partial charge in [0.05, 0.1) is 12.2 Å². The maximum absolute atomic E-state index is 5.78. The molecule has 4 unspecified atom stereocenters. The molecule has 0 aromatic heterocycles. The number of rotatable bonds is 3. The van der Waals surface area contributed by atoms with Gasteiger partial charge in [-0.2, -0.15) is 0 Å². The normalized spacial score (nSPS) is 41.6. The predicted octanol–water partition coefficient (Wildman–Crippen LogP) is 1.33. The number of hydrogen-bond acceptors (Lipinski definition) is 2. The molecule has 12 heavy (non-hydrogen) atoms. The van der Waals surface area contributed by atoms with Crippen molar-refractivity contribution >= 4 is 0 Å². The fourth-order valence-corrected chi connectivity index (χ4v) is 2.56. The van der Waals surface area contributed by atoms with Crippen LogP contribution in [0, 0.1) is 5.92 Å². The molecule has 0 aromatic rings. The van der Waals surface area contributed by atoms with Crippen molar-refractivity contribution in [2.75, 3.05) is 7.05 Å². The first-order valence-corrected chi connectivity index (χ1v) is 4.80. The molecule has 2 heteroatoms. The van der Waals surface area contributed by atoms with Crippen LogP contribution >= 0.6 is 0 Å². The second-order valence-corrected chi connectivity index (χ2v) is 3.82. The third-order valence-electron chi connectivity index (χ3n) is 3.20. The maximum Gasteiger partial charge on any atom is 0.0626 e. The number of nitrogens with one attached hydrogen (secondary N) is 1. The SMILES string of the molecule is C=CC(NC)C1CC2CCC1O2. The monoisotopic (exact) mass is 167 g/mol. The standard InChI is InChI=1S/C10H17NO/c1-3-9(11-2)8-6-7-4-5-10(8)12-7/h3,7-11H,1,4-6H2,2H3. The Morgan fingerprint density at radius 2 is 2.42 bits per heavy atom. The highest BCUT2D eigenvalue weighted by Crippen LogP contribution is 2.40. The van der Waals surface area contributed by atoms with E-state index < -0.39 is 0 Å². The van der Waals surface area contributed by atoms with Gasteiger partial charge in [-0.3, -0.25) is 0 Å². The molecule has 0 saturated carbocycles. The summed E-state index contributed by atoms with van der Waals surface area (Å²) in [6.07, 6.45) is 6.81. The molecular weight excluding hydrogens is 150 g/mol. The quantitative estimate of drug-likeness (QED) is 0.640. The van der Waals surface area contributed by atoms with Crippen LogP contribution in [-0.4, -0.2) is 25.3 Å². The van der Waals surface area contributed by atoms with Crippen LogP contribution in [0.2, 0.25) is 0 Å². The van der Waals surface area contributed by atoms with Gasteiger partial charge in [0, 0.05) is 12.0 Å². The molecule has 0 amide bonds. The van der Waals surface area contributed by atoms with E-state index in [4.69, 9.17) is 4.74 Å². The average molecular weight is 167 g/mol. The van der Waals surface area contributed by atoms with Gasteiger partial charge >= 0.3 is 0 Å². The maximum atomic E-state index is 5.78. The minimum Gasteiger partial charge on any atom is -0.375 e. The molecule has 0 radical (unpaired) electrons. The number of hydrogen-bond donors (Lipinski definition) is 1. The number of fused-ring (bicyclic) bond motifs is 2. The van der Waals surface area contributed by atoms with E-state index in [1.165, 1.54) is 19.3 Å². The Kier molecular flexibility index (Phi) is 2.20. The molecule has 2 nitrogen and oxygen atoms in total. The van der Waals surface area contributed by atoms with Crippen molar-refractivity contribution < 1.29 is 4.74 Å². The van der Waals surface area contributed by atoms with Crippen molar-refractivity contribution in [2.45, 2.75) is 37.5 Å². The molecule has 2 aliphatic rings. The smallest absolute Gasteiger partial charge is 0.0626 e. The zero-order valence-corrected chi connectivity index (χ0v) is 7.62. The van der Waals surface area contributed by atoms with E-state index >= 15 is 0 Å². The molecule has 4 atom stereocenters. The summed E-state index contributed by atoms with van der Waals surface area (Å²) in [5.74, 6) is 0.672. The van der Waals surface area contributed by atoms with Crippen molar-refractivity contribution in [3.8, 4) is 0 Å². The Morgan fingerprint density at radius 1 is 1.58 bits per heavy atom. The van der Waals surface area contributed by atoms with Gasteiger partial charge in [0.15, 0.2) is 0 Å². The Hall–Kier alpha value is -0.340. The summed E-state index contributed by atoms with van der Waals surface area (Å²) in [7, 11) is 2.00. The first-order chi connectivity index (χ1) is 5.85. The van der Waals surface area contributed by atoms with Crippen molar-refractivity contribution in [3.05, 3.63) is 12.7 Å². The van der Waals surface area contributed by atoms with E-state index in [-0.39, 0.29) is 0 Å². The summed E-state index contributed by atoms with van der Waals surface area (Å²) >= 11 is 0. The second-order valence-electron chi connectivity index (χ2n) is 3.82. The molecule has 0 aromatic carbocycles. The first kappa shape index (κ1) is 8.27. The van der Waals surface area contributed by atoms with Crippen molar-refractivity contribution in [3.63, 3.8) is 0 Å². The van der Waals surface area contributed by atoms with E-state index in [9.17, 15) is 0 Å². The lowest BCUT2D eigenvalue weighted by Crippen LogP contribution is -2.37. The molecule has 2 heterocycles. The summed E-state index contributed by atoms with van der Waals surface area (Å²) in [4.78, 5) is 0. The van der Waals surface area contributed by atoms with Crippen LogP contribution in [-0.2, 0) is 4.74 Å². The molecule has 0 aliphatic carbocycles. The van der Waals surface area contributed by atoms with Crippen LogP contribution in [0.3, 0.4) is 0 Å². The van der Waals surface area contributed by atoms with Crippen LogP contribution in [0.5, 0.6) is 0 Å². The van der Waals surface area contributed by atoms with E-state index in [0.29, 0.717) is 24.2 Å². The van der Waals surface area contributed by atoms with Crippen LogP contribution < -0.4 is 5.32 Å². The van der Waals surface area contributed by atoms with Gasteiger partial charge in [0.2, 0.25) is 0 Å². The van der Waals surface area contributed by atoms with Crippen LogP contribution in [0.4, 0.5) is 0 Å². The highest BCUT2D eigenvalue weighted by atomic mass is 16.5. The molecule has 2 rings (SSSR count). The summed E-state index contributed by atoms with van der Waals surface area (Å²) in [6.45, 7) is 3.84. The highest BCUT2D eigenvalue weighted by Gasteiger charge is 2.43. The molecule has 0 spiro atoms. The lowest BCUT2D eigenvalue weighted by Gasteiger charge is -2.25. The number of likely N-dealkylation sites (N-methyl/N-ethyl adjacent to an activating group) is 1. The topological polar surface area (TPSA) is 21.3 Å². The summed E-state index contributed by atoms with van der Waals surface area (Å²) in [5.41, 5.74) is 0. The van der Waals surface area contributed by atoms with Crippen molar-refractivity contribution in [1.82, 2.24) is 5.32 Å². The number of ether oxygens (including phenoxy) is 1. The lowest BCUT2D eigenvalue weighted by atomic mass is 9.84. The van der Waals surface area contributed by atoms with Gasteiger partial charge in [-0.25, -0.2) is 0 Å². The van der Waals surface area contributed by atoms with Gasteiger partial charge in [-0.1, -0.05) is 6.08 Å². The zero-order chi connectivity index (χ0) is 8.55. The van der Waals surface area contributed by atoms with Gasteiger partial charge < -0.3 is 10.1 Å². The van der Waals surface area contributed by atoms with E-state index in [0.717, 1.165) is 0 Å². The minimum absolute atomic E-state index is 0.445. The van der Waals surface area contributed by atoms with E-state index in [1.54, 1.807) is 0 Å². The Balaban J connectivity index is 2.00. The van der Waals surface area contributed by atoms with Crippen LogP contribution in [0.25, 0.3) is 0 Å². The fourth-order valence-electron chi connectivity index (χ4n) is 2.56. The second kappa shape index (κ2) is 3.19. The third kappa shape index (κ3) is 1.19. The molecule has 2 fully saturated rings. The summed E-state index contributed by atoms with van der Waals surface area (Å²) < 4.78 is 5.78. The van der Waals surface area contributed by atoms with Crippen LogP contribution in [0.15, 0.2) is 12.7 Å². The average Bonchev–Trinajstić information content (AvgIpc) is 2.67. The van der Waals surface area contributed by atoms with Gasteiger partial charge in [0.25, 0.3) is 0 Å². The minimum atomic E-state index is 0.445. The van der Waals surface area contributed by atoms with E-state index in [2.05, 4.69) is 11.9 Å².